The fourth-order valence-electron chi connectivity index (χ4n) is 1.74. The topological polar surface area (TPSA) is 46.6 Å². The molecule has 0 aromatic heterocycles. The predicted octanol–water partition coefficient (Wildman–Crippen LogP) is 3.10. The van der Waals surface area contributed by atoms with Crippen molar-refractivity contribution < 1.29 is 14.0 Å². The third-order valence-electron chi connectivity index (χ3n) is 4.20. The molecule has 0 radical (unpaired) electrons. The summed E-state index contributed by atoms with van der Waals surface area (Å²) in [6.45, 7) is 12.5. The zero-order valence-corrected chi connectivity index (χ0v) is 14.4. The molecular weight excluding hydrogens is 270 g/mol. The normalized spacial score (nSPS) is 16.4. The van der Waals surface area contributed by atoms with Crippen molar-refractivity contribution in [2.24, 2.45) is 0 Å². The lowest BCUT2D eigenvalue weighted by Crippen LogP contribution is -2.41. The number of imide groups is 1. The van der Waals surface area contributed by atoms with Crippen molar-refractivity contribution in [3.63, 3.8) is 0 Å². The van der Waals surface area contributed by atoms with Crippen LogP contribution in [0.2, 0.25) is 18.1 Å². The maximum atomic E-state index is 11.3. The lowest BCUT2D eigenvalue weighted by Gasteiger charge is -2.36. The van der Waals surface area contributed by atoms with Gasteiger partial charge in [-0.25, -0.2) is 0 Å². The van der Waals surface area contributed by atoms with Gasteiger partial charge in [0.25, 0.3) is 11.8 Å². The molecule has 0 saturated heterocycles. The van der Waals surface area contributed by atoms with Gasteiger partial charge in [0, 0.05) is 25.3 Å². The van der Waals surface area contributed by atoms with Gasteiger partial charge in [-0.15, -0.1) is 0 Å². The Hall–Kier alpha value is -0.943. The summed E-state index contributed by atoms with van der Waals surface area (Å²) >= 11 is 0. The molecule has 1 aliphatic rings. The van der Waals surface area contributed by atoms with Crippen molar-refractivity contribution in [3.8, 4) is 0 Å². The number of carbonyl (C=O) groups excluding carboxylic acids is 2. The van der Waals surface area contributed by atoms with Crippen molar-refractivity contribution in [2.75, 3.05) is 13.2 Å². The van der Waals surface area contributed by atoms with Crippen LogP contribution in [0, 0.1) is 0 Å². The quantitative estimate of drug-likeness (QED) is 0.412. The maximum absolute atomic E-state index is 11.3. The molecule has 2 amide bonds. The number of amides is 2. The van der Waals surface area contributed by atoms with Crippen LogP contribution in [-0.2, 0) is 14.0 Å². The van der Waals surface area contributed by atoms with E-state index in [0.29, 0.717) is 6.54 Å². The summed E-state index contributed by atoms with van der Waals surface area (Å²) in [7, 11) is -1.64. The largest absolute Gasteiger partial charge is 0.417 e. The highest BCUT2D eigenvalue weighted by Gasteiger charge is 2.36. The van der Waals surface area contributed by atoms with E-state index in [1.54, 1.807) is 0 Å². The highest BCUT2D eigenvalue weighted by Crippen LogP contribution is 2.36. The molecule has 0 bridgehead atoms. The third kappa shape index (κ3) is 4.56. The van der Waals surface area contributed by atoms with Crippen LogP contribution in [0.4, 0.5) is 0 Å². The molecule has 0 spiro atoms. The number of hydrogen-bond acceptors (Lipinski definition) is 3. The monoisotopic (exact) mass is 297 g/mol. The van der Waals surface area contributed by atoms with E-state index >= 15 is 0 Å². The van der Waals surface area contributed by atoms with Gasteiger partial charge in [-0.1, -0.05) is 20.8 Å². The minimum absolute atomic E-state index is 0.187. The van der Waals surface area contributed by atoms with Gasteiger partial charge in [-0.05, 0) is 37.4 Å². The van der Waals surface area contributed by atoms with Gasteiger partial charge < -0.3 is 4.43 Å². The average Bonchev–Trinajstić information content (AvgIpc) is 2.63. The smallest absolute Gasteiger partial charge is 0.253 e. The molecule has 114 valence electrons. The van der Waals surface area contributed by atoms with Crippen LogP contribution in [0.5, 0.6) is 0 Å². The molecule has 0 saturated carbocycles. The molecule has 1 rings (SSSR count). The number of unbranched alkanes of at least 4 members (excludes halogenated alkanes) is 2. The third-order valence-corrected chi connectivity index (χ3v) is 8.73. The van der Waals surface area contributed by atoms with Crippen LogP contribution in [-0.4, -0.2) is 38.2 Å². The fraction of sp³-hybridized carbons (Fsp3) is 0.733. The van der Waals surface area contributed by atoms with Crippen molar-refractivity contribution in [2.45, 2.75) is 58.2 Å². The molecule has 0 aromatic carbocycles. The fourth-order valence-corrected chi connectivity index (χ4v) is 2.83. The molecule has 0 N–H and O–H groups in total. The first kappa shape index (κ1) is 17.1. The molecule has 0 aromatic rings. The van der Waals surface area contributed by atoms with Gasteiger partial charge in [-0.3, -0.25) is 14.5 Å². The van der Waals surface area contributed by atoms with Crippen LogP contribution in [0.15, 0.2) is 12.2 Å². The Labute approximate surface area is 123 Å². The second-order valence-electron chi connectivity index (χ2n) is 6.83. The zero-order chi connectivity index (χ0) is 15.4. The van der Waals surface area contributed by atoms with Gasteiger partial charge in [0.05, 0.1) is 0 Å². The molecular formula is C15H27NO3Si. The highest BCUT2D eigenvalue weighted by atomic mass is 28.4. The molecule has 0 fully saturated rings. The first-order valence-electron chi connectivity index (χ1n) is 7.33. The van der Waals surface area contributed by atoms with E-state index in [9.17, 15) is 9.59 Å². The van der Waals surface area contributed by atoms with Gasteiger partial charge in [-0.2, -0.15) is 0 Å². The second-order valence-corrected chi connectivity index (χ2v) is 11.6. The summed E-state index contributed by atoms with van der Waals surface area (Å²) in [5.41, 5.74) is 0. The second kappa shape index (κ2) is 6.67. The minimum atomic E-state index is -1.64. The number of nitrogens with zero attached hydrogens (tertiary/aromatic N) is 1. The lowest BCUT2D eigenvalue weighted by atomic mass is 10.2. The van der Waals surface area contributed by atoms with E-state index < -0.39 is 8.32 Å². The van der Waals surface area contributed by atoms with Gasteiger partial charge >= 0.3 is 0 Å². The Morgan fingerprint density at radius 3 is 2.10 bits per heavy atom. The Kier molecular flexibility index (Phi) is 5.71. The Bertz CT molecular complexity index is 378. The molecule has 4 nitrogen and oxygen atoms in total. The summed E-state index contributed by atoms with van der Waals surface area (Å²) in [6, 6.07) is 0. The van der Waals surface area contributed by atoms with Gasteiger partial charge in [0.1, 0.15) is 0 Å². The Balaban J connectivity index is 2.15. The number of hydrogen-bond donors (Lipinski definition) is 0. The van der Waals surface area contributed by atoms with E-state index in [4.69, 9.17) is 4.43 Å². The summed E-state index contributed by atoms with van der Waals surface area (Å²) in [4.78, 5) is 24.0. The van der Waals surface area contributed by atoms with Crippen LogP contribution in [0.1, 0.15) is 40.0 Å². The predicted molar refractivity (Wildman–Crippen MR) is 82.9 cm³/mol. The molecule has 5 heteroatoms. The first-order chi connectivity index (χ1) is 9.15. The van der Waals surface area contributed by atoms with E-state index in [-0.39, 0.29) is 16.9 Å². The molecule has 20 heavy (non-hydrogen) atoms. The van der Waals surface area contributed by atoms with Gasteiger partial charge in [0.2, 0.25) is 0 Å². The van der Waals surface area contributed by atoms with Crippen LogP contribution in [0.25, 0.3) is 0 Å². The van der Waals surface area contributed by atoms with Crippen molar-refractivity contribution in [1.82, 2.24) is 4.90 Å². The first-order valence-corrected chi connectivity index (χ1v) is 10.2. The maximum Gasteiger partial charge on any atom is 0.253 e. The molecule has 0 unspecified atom stereocenters. The van der Waals surface area contributed by atoms with E-state index in [0.717, 1.165) is 25.9 Å². The van der Waals surface area contributed by atoms with E-state index in [1.807, 2.05) is 0 Å². The van der Waals surface area contributed by atoms with Crippen molar-refractivity contribution in [1.29, 1.82) is 0 Å². The van der Waals surface area contributed by atoms with Crippen LogP contribution < -0.4 is 0 Å². The standard InChI is InChI=1S/C15H27NO3Si/c1-15(2,3)20(4,5)19-12-8-6-7-11-16-13(17)9-10-14(16)18/h9-10H,6-8,11-12H2,1-5H3. The van der Waals surface area contributed by atoms with Gasteiger partial charge in [0.15, 0.2) is 8.32 Å². The van der Waals surface area contributed by atoms with Crippen LogP contribution >= 0.6 is 0 Å². The number of carbonyl (C=O) groups is 2. The summed E-state index contributed by atoms with van der Waals surface area (Å²) < 4.78 is 6.09. The van der Waals surface area contributed by atoms with Crippen molar-refractivity contribution >= 4 is 20.1 Å². The highest BCUT2D eigenvalue weighted by molar-refractivity contribution is 6.74. The van der Waals surface area contributed by atoms with E-state index in [1.165, 1.54) is 17.1 Å². The van der Waals surface area contributed by atoms with Crippen LogP contribution in [0.3, 0.4) is 0 Å². The molecule has 0 atom stereocenters. The van der Waals surface area contributed by atoms with E-state index in [2.05, 4.69) is 33.9 Å². The Morgan fingerprint density at radius 1 is 1.05 bits per heavy atom. The Morgan fingerprint density at radius 2 is 1.60 bits per heavy atom. The average molecular weight is 297 g/mol. The van der Waals surface area contributed by atoms with Crippen molar-refractivity contribution in [3.05, 3.63) is 12.2 Å². The molecule has 0 aliphatic carbocycles. The lowest BCUT2D eigenvalue weighted by molar-refractivity contribution is -0.136. The summed E-state index contributed by atoms with van der Waals surface area (Å²) in [5, 5.41) is 0.243. The number of rotatable bonds is 7. The summed E-state index contributed by atoms with van der Waals surface area (Å²) in [6.07, 6.45) is 5.48. The summed E-state index contributed by atoms with van der Waals surface area (Å²) in [5.74, 6) is -0.375. The molecule has 1 aliphatic heterocycles. The minimum Gasteiger partial charge on any atom is -0.417 e. The SMILES string of the molecule is CC(C)(C)[Si](C)(C)OCCCCCN1C(=O)C=CC1=O. The zero-order valence-electron chi connectivity index (χ0n) is 13.4. The molecule has 1 heterocycles.